The van der Waals surface area contributed by atoms with Crippen molar-refractivity contribution in [3.05, 3.63) is 58.5 Å². The molecule has 6 nitrogen and oxygen atoms in total. The fourth-order valence-corrected chi connectivity index (χ4v) is 3.67. The summed E-state index contributed by atoms with van der Waals surface area (Å²) >= 11 is 6.32. The summed E-state index contributed by atoms with van der Waals surface area (Å²) in [6.45, 7) is 3.91. The van der Waals surface area contributed by atoms with Crippen molar-refractivity contribution in [1.29, 1.82) is 0 Å². The van der Waals surface area contributed by atoms with Gasteiger partial charge in [-0.05, 0) is 31.2 Å². The largest absolute Gasteiger partial charge is 0.480 e. The van der Waals surface area contributed by atoms with Gasteiger partial charge in [-0.25, -0.2) is 9.37 Å². The van der Waals surface area contributed by atoms with Crippen LogP contribution in [-0.4, -0.2) is 55.2 Å². The number of carbonyl (C=O) groups excluding carboxylic acids is 1. The van der Waals surface area contributed by atoms with Gasteiger partial charge in [-0.3, -0.25) is 9.69 Å². The summed E-state index contributed by atoms with van der Waals surface area (Å²) in [6, 6.07) is 7.47. The second kappa shape index (κ2) is 9.32. The number of amides is 1. The molecule has 1 aromatic heterocycles. The summed E-state index contributed by atoms with van der Waals surface area (Å²) in [5.41, 5.74) is 0.690. The van der Waals surface area contributed by atoms with Crippen molar-refractivity contribution in [3.63, 3.8) is 0 Å². The smallest absolute Gasteiger partial charge is 0.256 e. The van der Waals surface area contributed by atoms with Crippen molar-refractivity contribution in [2.75, 3.05) is 33.4 Å². The molecule has 1 amide bonds. The summed E-state index contributed by atoms with van der Waals surface area (Å²) in [4.78, 5) is 18.8. The highest BCUT2D eigenvalue weighted by molar-refractivity contribution is 6.31. The van der Waals surface area contributed by atoms with Crippen molar-refractivity contribution in [1.82, 2.24) is 15.2 Å². The zero-order chi connectivity index (χ0) is 20.1. The van der Waals surface area contributed by atoms with E-state index < -0.39 is 11.9 Å². The van der Waals surface area contributed by atoms with Crippen LogP contribution < -0.4 is 10.1 Å². The molecule has 2 atom stereocenters. The van der Waals surface area contributed by atoms with Gasteiger partial charge >= 0.3 is 0 Å². The van der Waals surface area contributed by atoms with E-state index in [1.54, 1.807) is 30.5 Å². The number of carbonyl (C=O) groups is 1. The number of pyridine rings is 1. The summed E-state index contributed by atoms with van der Waals surface area (Å²) < 4.78 is 25.4. The first-order valence-corrected chi connectivity index (χ1v) is 9.45. The monoisotopic (exact) mass is 407 g/mol. The van der Waals surface area contributed by atoms with Gasteiger partial charge in [0, 0.05) is 36.4 Å². The Morgan fingerprint density at radius 3 is 3.00 bits per heavy atom. The molecule has 2 unspecified atom stereocenters. The van der Waals surface area contributed by atoms with Gasteiger partial charge in [0.05, 0.1) is 25.9 Å². The van der Waals surface area contributed by atoms with Crippen molar-refractivity contribution in [2.45, 2.75) is 19.1 Å². The maximum atomic E-state index is 14.6. The van der Waals surface area contributed by atoms with Crippen LogP contribution in [0.4, 0.5) is 4.39 Å². The number of hydrogen-bond acceptors (Lipinski definition) is 5. The molecule has 3 rings (SSSR count). The summed E-state index contributed by atoms with van der Waals surface area (Å²) in [5, 5.41) is 3.20. The third kappa shape index (κ3) is 4.60. The molecule has 2 aromatic rings. The third-order valence-corrected chi connectivity index (χ3v) is 5.04. The fraction of sp³-hybridized carbons (Fsp3) is 0.400. The van der Waals surface area contributed by atoms with E-state index in [-0.39, 0.29) is 24.4 Å². The van der Waals surface area contributed by atoms with Crippen LogP contribution in [0.15, 0.2) is 36.5 Å². The Labute approximate surface area is 168 Å². The molecule has 1 N–H and O–H groups in total. The maximum absolute atomic E-state index is 14.6. The maximum Gasteiger partial charge on any atom is 0.256 e. The number of ether oxygens (including phenoxy) is 2. The molecule has 1 saturated heterocycles. The molecule has 1 aliphatic heterocycles. The minimum atomic E-state index is -0.424. The molecule has 0 saturated carbocycles. The standard InChI is InChI=1S/C20H23ClFN3O3/c1-13-12-25(9-10-28-13)17(18-15(21)6-3-7-16(18)22)11-24-19(26)14-5-4-8-23-20(14)27-2/h3-8,13,17H,9-12H2,1-2H3,(H,24,26). The van der Waals surface area contributed by atoms with Gasteiger partial charge in [0.25, 0.3) is 5.91 Å². The molecule has 28 heavy (non-hydrogen) atoms. The van der Waals surface area contributed by atoms with E-state index in [4.69, 9.17) is 21.1 Å². The second-order valence-corrected chi connectivity index (χ2v) is 7.00. The van der Waals surface area contributed by atoms with Crippen LogP contribution in [-0.2, 0) is 4.74 Å². The molecule has 1 aromatic carbocycles. The Balaban J connectivity index is 1.84. The number of halogens is 2. The molecule has 150 valence electrons. The summed E-state index contributed by atoms with van der Waals surface area (Å²) in [6.07, 6.45) is 1.56. The highest BCUT2D eigenvalue weighted by Crippen LogP contribution is 2.31. The number of benzene rings is 1. The molecule has 0 spiro atoms. The number of morpholine rings is 1. The van der Waals surface area contributed by atoms with Crippen LogP contribution >= 0.6 is 11.6 Å². The quantitative estimate of drug-likeness (QED) is 0.797. The zero-order valence-corrected chi connectivity index (χ0v) is 16.6. The van der Waals surface area contributed by atoms with Gasteiger partial charge in [-0.2, -0.15) is 0 Å². The van der Waals surface area contributed by atoms with Crippen LogP contribution in [0.1, 0.15) is 28.9 Å². The van der Waals surface area contributed by atoms with Crippen LogP contribution in [0, 0.1) is 5.82 Å². The lowest BCUT2D eigenvalue weighted by Crippen LogP contribution is -2.47. The predicted octanol–water partition coefficient (Wildman–Crippen LogP) is 3.07. The molecule has 0 bridgehead atoms. The minimum absolute atomic E-state index is 0.0101. The SMILES string of the molecule is COc1ncccc1C(=O)NCC(c1c(F)cccc1Cl)N1CCOC(C)C1. The highest BCUT2D eigenvalue weighted by atomic mass is 35.5. The van der Waals surface area contributed by atoms with Crippen molar-refractivity contribution in [2.24, 2.45) is 0 Å². The molecule has 1 aliphatic rings. The van der Waals surface area contributed by atoms with Gasteiger partial charge in [-0.1, -0.05) is 17.7 Å². The third-order valence-electron chi connectivity index (χ3n) is 4.71. The summed E-state index contributed by atoms with van der Waals surface area (Å²) in [5.74, 6) is -0.506. The first kappa shape index (κ1) is 20.5. The van der Waals surface area contributed by atoms with Crippen molar-refractivity contribution in [3.8, 4) is 5.88 Å². The predicted molar refractivity (Wildman–Crippen MR) is 104 cm³/mol. The van der Waals surface area contributed by atoms with Gasteiger partial charge in [-0.15, -0.1) is 0 Å². The van der Waals surface area contributed by atoms with Gasteiger partial charge in [0.15, 0.2) is 0 Å². The fourth-order valence-electron chi connectivity index (χ4n) is 3.38. The lowest BCUT2D eigenvalue weighted by Gasteiger charge is -2.38. The Hall–Kier alpha value is -2.22. The lowest BCUT2D eigenvalue weighted by atomic mass is 10.0. The van der Waals surface area contributed by atoms with Crippen LogP contribution in [0.5, 0.6) is 5.88 Å². The van der Waals surface area contributed by atoms with Gasteiger partial charge in [0.1, 0.15) is 11.4 Å². The van der Waals surface area contributed by atoms with Crippen LogP contribution in [0.3, 0.4) is 0 Å². The molecule has 1 fully saturated rings. The van der Waals surface area contributed by atoms with Crippen LogP contribution in [0.25, 0.3) is 0 Å². The van der Waals surface area contributed by atoms with E-state index in [0.29, 0.717) is 35.8 Å². The van der Waals surface area contributed by atoms with E-state index in [0.717, 1.165) is 0 Å². The Morgan fingerprint density at radius 1 is 1.46 bits per heavy atom. The lowest BCUT2D eigenvalue weighted by molar-refractivity contribution is -0.0346. The van der Waals surface area contributed by atoms with E-state index in [1.165, 1.54) is 13.2 Å². The number of methoxy groups -OCH3 is 1. The number of hydrogen-bond donors (Lipinski definition) is 1. The molecule has 8 heteroatoms. The van der Waals surface area contributed by atoms with E-state index >= 15 is 0 Å². The van der Waals surface area contributed by atoms with Crippen molar-refractivity contribution >= 4 is 17.5 Å². The van der Waals surface area contributed by atoms with Gasteiger partial charge < -0.3 is 14.8 Å². The first-order chi connectivity index (χ1) is 13.5. The Morgan fingerprint density at radius 2 is 2.29 bits per heavy atom. The number of rotatable bonds is 6. The number of nitrogens with zero attached hydrogens (tertiary/aromatic N) is 2. The summed E-state index contributed by atoms with van der Waals surface area (Å²) in [7, 11) is 1.45. The Bertz CT molecular complexity index is 816. The molecule has 0 aliphatic carbocycles. The van der Waals surface area contributed by atoms with Crippen molar-refractivity contribution < 1.29 is 18.7 Å². The second-order valence-electron chi connectivity index (χ2n) is 6.60. The average Bonchev–Trinajstić information content (AvgIpc) is 2.69. The molecular formula is C20H23ClFN3O3. The zero-order valence-electron chi connectivity index (χ0n) is 15.8. The van der Waals surface area contributed by atoms with E-state index in [2.05, 4.69) is 15.2 Å². The molecule has 2 heterocycles. The van der Waals surface area contributed by atoms with E-state index in [9.17, 15) is 9.18 Å². The number of nitrogens with one attached hydrogen (secondary N) is 1. The highest BCUT2D eigenvalue weighted by Gasteiger charge is 2.30. The van der Waals surface area contributed by atoms with E-state index in [1.807, 2.05) is 6.92 Å². The van der Waals surface area contributed by atoms with Crippen LogP contribution in [0.2, 0.25) is 5.02 Å². The molecular weight excluding hydrogens is 385 g/mol. The minimum Gasteiger partial charge on any atom is -0.480 e. The average molecular weight is 408 g/mol. The van der Waals surface area contributed by atoms with Gasteiger partial charge in [0.2, 0.25) is 5.88 Å². The molecule has 0 radical (unpaired) electrons. The number of aromatic nitrogens is 1. The first-order valence-electron chi connectivity index (χ1n) is 9.08. The normalized spacial score (nSPS) is 18.5. The Kier molecular flexibility index (Phi) is 6.83. The topological polar surface area (TPSA) is 63.7 Å².